The molecule has 0 aliphatic heterocycles. The third-order valence-electron chi connectivity index (χ3n) is 4.32. The first-order chi connectivity index (χ1) is 13.0. The molecule has 2 rings (SSSR count). The van der Waals surface area contributed by atoms with Crippen LogP contribution in [0.3, 0.4) is 0 Å². The maximum Gasteiger partial charge on any atom is 1.00 e. The standard InChI is InChI=1S/C20H26O6P2.3Na/c1-15(2)14-17-8-12-19(13-9-17)18-10-6-16(7-11-18)4-3-5-20(27(21,22)23)28(24,25)26;;;/h6-14,20H,3-5H2,1-2H3,(H2,21,22,23)(H2,24,25,26);;;/q;3*+1/p-3. The van der Waals surface area contributed by atoms with E-state index in [-0.39, 0.29) is 95.1 Å². The third-order valence-corrected chi connectivity index (χ3v) is 8.05. The van der Waals surface area contributed by atoms with Crippen LogP contribution in [-0.4, -0.2) is 10.3 Å². The number of aryl methyl sites for hydroxylation is 1. The Labute approximate surface area is 250 Å². The molecule has 2 atom stereocenters. The van der Waals surface area contributed by atoms with Crippen molar-refractivity contribution in [1.82, 2.24) is 0 Å². The van der Waals surface area contributed by atoms with Crippen LogP contribution in [0.5, 0.6) is 0 Å². The molecule has 0 bridgehead atoms. The Hall–Kier alpha value is 1.48. The van der Waals surface area contributed by atoms with Gasteiger partial charge in [0.15, 0.2) is 0 Å². The van der Waals surface area contributed by atoms with Crippen molar-refractivity contribution in [3.63, 3.8) is 0 Å². The van der Waals surface area contributed by atoms with Gasteiger partial charge in [0.2, 0.25) is 0 Å². The van der Waals surface area contributed by atoms with Crippen molar-refractivity contribution in [3.05, 3.63) is 65.2 Å². The molecule has 0 radical (unpaired) electrons. The summed E-state index contributed by atoms with van der Waals surface area (Å²) >= 11 is 0. The van der Waals surface area contributed by atoms with Crippen LogP contribution >= 0.6 is 15.2 Å². The van der Waals surface area contributed by atoms with Crippen LogP contribution in [-0.2, 0) is 15.6 Å². The van der Waals surface area contributed by atoms with E-state index in [1.807, 2.05) is 62.4 Å². The van der Waals surface area contributed by atoms with Gasteiger partial charge in [0.25, 0.3) is 0 Å². The number of rotatable bonds is 8. The van der Waals surface area contributed by atoms with Crippen molar-refractivity contribution in [2.24, 2.45) is 0 Å². The van der Waals surface area contributed by atoms with Gasteiger partial charge in [-0.3, -0.25) is 0 Å². The Kier molecular flexibility index (Phi) is 17.3. The molecule has 2 aromatic rings. The second-order valence-electron chi connectivity index (χ2n) is 7.02. The van der Waals surface area contributed by atoms with Crippen LogP contribution in [0.4, 0.5) is 0 Å². The average Bonchev–Trinajstić information content (AvgIpc) is 2.57. The SMILES string of the molecule is CC(C)=Cc1ccc(-c2ccc(CCCC(P(=O)([O-])[O-])P(=O)([O-])O)cc2)cc1.[Na+].[Na+].[Na+]. The normalized spacial score (nSPS) is 13.5. The topological polar surface area (TPSA) is 124 Å². The zero-order valence-corrected chi connectivity index (χ0v) is 26.6. The molecule has 2 aromatic carbocycles. The van der Waals surface area contributed by atoms with Crippen molar-refractivity contribution in [2.75, 3.05) is 0 Å². The Morgan fingerprint density at radius 3 is 1.74 bits per heavy atom. The second kappa shape index (κ2) is 15.5. The van der Waals surface area contributed by atoms with Crippen LogP contribution < -0.4 is 103 Å². The molecule has 152 valence electrons. The van der Waals surface area contributed by atoms with E-state index in [2.05, 4.69) is 6.08 Å². The van der Waals surface area contributed by atoms with Gasteiger partial charge in [-0.15, -0.1) is 0 Å². The first kappa shape index (κ1) is 34.6. The molecule has 0 amide bonds. The van der Waals surface area contributed by atoms with E-state index in [0.29, 0.717) is 6.42 Å². The van der Waals surface area contributed by atoms with Crippen LogP contribution in [0.25, 0.3) is 17.2 Å². The molecule has 0 heterocycles. The molecule has 2 unspecified atom stereocenters. The summed E-state index contributed by atoms with van der Waals surface area (Å²) in [5.41, 5.74) is 5.31. The summed E-state index contributed by atoms with van der Waals surface area (Å²) in [5.74, 6) is 0. The van der Waals surface area contributed by atoms with Gasteiger partial charge in [-0.1, -0.05) is 67.8 Å². The predicted octanol–water partition coefficient (Wildman–Crippen LogP) is -6.10. The zero-order valence-electron chi connectivity index (χ0n) is 18.8. The first-order valence-corrected chi connectivity index (χ1v) is 12.1. The number of allylic oxidation sites excluding steroid dienone is 1. The second-order valence-corrected chi connectivity index (χ2v) is 10.9. The van der Waals surface area contributed by atoms with Gasteiger partial charge in [-0.25, -0.2) is 0 Å². The molecule has 0 saturated heterocycles. The van der Waals surface area contributed by atoms with Crippen LogP contribution in [0.2, 0.25) is 0 Å². The fourth-order valence-electron chi connectivity index (χ4n) is 2.96. The summed E-state index contributed by atoms with van der Waals surface area (Å²) < 4.78 is 22.2. The molecule has 0 saturated carbocycles. The first-order valence-electron chi connectivity index (χ1n) is 8.86. The molecule has 0 fully saturated rings. The van der Waals surface area contributed by atoms with Gasteiger partial charge >= 0.3 is 88.7 Å². The van der Waals surface area contributed by atoms with Crippen LogP contribution in [0.1, 0.15) is 37.8 Å². The quantitative estimate of drug-likeness (QED) is 0.290. The van der Waals surface area contributed by atoms with Crippen molar-refractivity contribution in [3.8, 4) is 11.1 Å². The van der Waals surface area contributed by atoms with Crippen molar-refractivity contribution in [2.45, 2.75) is 38.5 Å². The molecule has 31 heavy (non-hydrogen) atoms. The number of hydrogen-bond acceptors (Lipinski definition) is 5. The van der Waals surface area contributed by atoms with Gasteiger partial charge in [0.05, 0.1) is 5.40 Å². The molecular weight excluding hydrogens is 467 g/mol. The number of hydrogen-bond donors (Lipinski definition) is 1. The van der Waals surface area contributed by atoms with Crippen molar-refractivity contribution >= 4 is 21.3 Å². The van der Waals surface area contributed by atoms with Crippen LogP contribution in [0, 0.1) is 0 Å². The summed E-state index contributed by atoms with van der Waals surface area (Å²) in [4.78, 5) is 42.2. The Morgan fingerprint density at radius 2 is 1.35 bits per heavy atom. The van der Waals surface area contributed by atoms with E-state index in [1.165, 1.54) is 5.57 Å². The third kappa shape index (κ3) is 12.1. The molecule has 1 N–H and O–H groups in total. The minimum absolute atomic E-state index is 0. The smallest absolute Gasteiger partial charge is 0.810 e. The minimum atomic E-state index is -5.41. The molecule has 11 heteroatoms. The van der Waals surface area contributed by atoms with E-state index in [9.17, 15) is 23.8 Å². The Morgan fingerprint density at radius 1 is 0.903 bits per heavy atom. The van der Waals surface area contributed by atoms with Crippen LogP contribution in [0.15, 0.2) is 54.1 Å². The van der Waals surface area contributed by atoms with Crippen molar-refractivity contribution in [1.29, 1.82) is 0 Å². The predicted molar refractivity (Wildman–Crippen MR) is 105 cm³/mol. The molecule has 0 aliphatic rings. The fourth-order valence-corrected chi connectivity index (χ4v) is 5.40. The largest absolute Gasteiger partial charge is 1.00 e. The average molecular weight is 490 g/mol. The van der Waals surface area contributed by atoms with Gasteiger partial charge in [-0.2, -0.15) is 0 Å². The zero-order chi connectivity index (χ0) is 20.9. The number of benzene rings is 2. The van der Waals surface area contributed by atoms with Gasteiger partial charge < -0.3 is 28.7 Å². The van der Waals surface area contributed by atoms with E-state index in [4.69, 9.17) is 4.89 Å². The summed E-state index contributed by atoms with van der Waals surface area (Å²) in [5, 5.41) is -2.27. The van der Waals surface area contributed by atoms with E-state index < -0.39 is 27.0 Å². The molecule has 0 spiro atoms. The monoisotopic (exact) mass is 490 g/mol. The Balaban J connectivity index is 0. The van der Waals surface area contributed by atoms with E-state index in [1.54, 1.807) is 0 Å². The van der Waals surface area contributed by atoms with E-state index >= 15 is 0 Å². The maximum atomic E-state index is 11.1. The molecular formula is C20H23Na3O6P2. The Bertz CT molecular complexity index is 895. The summed E-state index contributed by atoms with van der Waals surface area (Å²) in [6, 6.07) is 15.7. The van der Waals surface area contributed by atoms with E-state index in [0.717, 1.165) is 22.3 Å². The van der Waals surface area contributed by atoms with Gasteiger partial charge in [-0.05, 0) is 55.4 Å². The summed E-state index contributed by atoms with van der Waals surface area (Å²) in [6.45, 7) is 4.08. The minimum Gasteiger partial charge on any atom is -0.810 e. The molecule has 6 nitrogen and oxygen atoms in total. The maximum absolute atomic E-state index is 11.1. The molecule has 0 aromatic heterocycles. The summed E-state index contributed by atoms with van der Waals surface area (Å²) in [6.07, 6.45) is 2.23. The van der Waals surface area contributed by atoms with Crippen molar-refractivity contribution < 1.29 is 117 Å². The van der Waals surface area contributed by atoms with Gasteiger partial charge in [0, 0.05) is 0 Å². The summed E-state index contributed by atoms with van der Waals surface area (Å²) in [7, 11) is -10.6. The molecule has 0 aliphatic carbocycles. The van der Waals surface area contributed by atoms with Gasteiger partial charge in [0.1, 0.15) is 7.60 Å². The fraction of sp³-hybridized carbons (Fsp3) is 0.300.